The standard InChI is InChI=1S/C41H65N9O2/c1-16-18-19-24(17-2)32-45-46-35-29(31(40(10,11)12)47-49(32)35)43-33-25(22-42)28(34-44-37(41(13,14)15)48-50(33)34)36(51)52-30-26(38(4,5)6)20-23(3)21-27(30)39(7,8)9/h23-24,26-27,30,33,43,47H,16-21H2,1-15H3. The van der Waals surface area contributed by atoms with E-state index in [1.165, 1.54) is 0 Å². The van der Waals surface area contributed by atoms with Gasteiger partial charge >= 0.3 is 5.97 Å². The Kier molecular flexibility index (Phi) is 10.6. The number of nitriles is 1. The number of aromatic nitrogens is 7. The molecule has 286 valence electrons. The van der Waals surface area contributed by atoms with Crippen molar-refractivity contribution in [2.45, 2.75) is 171 Å². The summed E-state index contributed by atoms with van der Waals surface area (Å²) in [6.45, 7) is 32.7. The number of aromatic amines is 1. The van der Waals surface area contributed by atoms with Gasteiger partial charge in [-0.2, -0.15) is 10.4 Å². The Balaban J connectivity index is 1.65. The van der Waals surface area contributed by atoms with E-state index < -0.39 is 17.6 Å². The van der Waals surface area contributed by atoms with Gasteiger partial charge in [-0.25, -0.2) is 19.0 Å². The number of hydrogen-bond acceptors (Lipinski definition) is 8. The molecular weight excluding hydrogens is 651 g/mol. The van der Waals surface area contributed by atoms with E-state index in [0.717, 1.165) is 55.7 Å². The summed E-state index contributed by atoms with van der Waals surface area (Å²) >= 11 is 0. The Hall–Kier alpha value is -3.68. The third-order valence-electron chi connectivity index (χ3n) is 11.4. The van der Waals surface area contributed by atoms with Crippen molar-refractivity contribution in [1.82, 2.24) is 34.6 Å². The van der Waals surface area contributed by atoms with Crippen LogP contribution >= 0.6 is 0 Å². The molecule has 0 spiro atoms. The summed E-state index contributed by atoms with van der Waals surface area (Å²) in [6.07, 6.45) is 5.04. The lowest BCUT2D eigenvalue weighted by Crippen LogP contribution is -2.49. The number of carbonyl (C=O) groups is 1. The summed E-state index contributed by atoms with van der Waals surface area (Å²) in [5.74, 6) is 2.41. The number of nitrogens with zero attached hydrogens (tertiary/aromatic N) is 7. The van der Waals surface area contributed by atoms with Crippen LogP contribution in [0.4, 0.5) is 5.69 Å². The number of anilines is 1. The molecule has 0 aromatic carbocycles. The van der Waals surface area contributed by atoms with E-state index in [-0.39, 0.29) is 51.2 Å². The summed E-state index contributed by atoms with van der Waals surface area (Å²) in [5.41, 5.74) is 1.84. The second kappa shape index (κ2) is 13.9. The predicted molar refractivity (Wildman–Crippen MR) is 207 cm³/mol. The number of fused-ring (bicyclic) bond motifs is 2. The predicted octanol–water partition coefficient (Wildman–Crippen LogP) is 9.50. The van der Waals surface area contributed by atoms with Gasteiger partial charge in [-0.1, -0.05) is 117 Å². The first-order chi connectivity index (χ1) is 24.0. The van der Waals surface area contributed by atoms with Gasteiger partial charge in [0.1, 0.15) is 17.4 Å². The lowest BCUT2D eigenvalue weighted by atomic mass is 9.59. The lowest BCUT2D eigenvalue weighted by molar-refractivity contribution is -0.162. The maximum absolute atomic E-state index is 14.7. The maximum atomic E-state index is 14.7. The molecule has 11 heteroatoms. The summed E-state index contributed by atoms with van der Waals surface area (Å²) in [7, 11) is 0. The molecule has 2 aliphatic rings. The van der Waals surface area contributed by atoms with Gasteiger partial charge in [0.15, 0.2) is 23.6 Å². The van der Waals surface area contributed by atoms with E-state index in [9.17, 15) is 10.1 Å². The summed E-state index contributed by atoms with van der Waals surface area (Å²) in [6, 6.07) is 2.40. The SMILES string of the molecule is CCCCC(CC)c1nnc2c(NC3C(C#N)=C(C(=O)OC4C(C(C)(C)C)CC(C)CC4C(C)(C)C)c4nc(C(C)(C)C)nn43)c(C(C)(C)C)[nH]n12. The monoisotopic (exact) mass is 716 g/mol. The molecule has 1 aliphatic heterocycles. The van der Waals surface area contributed by atoms with Crippen LogP contribution in [0.2, 0.25) is 0 Å². The van der Waals surface area contributed by atoms with Crippen LogP contribution in [0.3, 0.4) is 0 Å². The molecule has 3 aromatic rings. The van der Waals surface area contributed by atoms with Gasteiger partial charge < -0.3 is 10.1 Å². The van der Waals surface area contributed by atoms with E-state index >= 15 is 0 Å². The number of esters is 1. The van der Waals surface area contributed by atoms with Gasteiger partial charge in [-0.3, -0.25) is 5.10 Å². The molecule has 0 saturated heterocycles. The van der Waals surface area contributed by atoms with Crippen LogP contribution < -0.4 is 5.32 Å². The smallest absolute Gasteiger partial charge is 0.343 e. The molecule has 1 aliphatic carbocycles. The molecule has 1 fully saturated rings. The number of ether oxygens (including phenoxy) is 1. The van der Waals surface area contributed by atoms with Crippen LogP contribution in [0, 0.1) is 39.9 Å². The first-order valence-electron chi connectivity index (χ1n) is 19.6. The van der Waals surface area contributed by atoms with E-state index in [0.29, 0.717) is 23.2 Å². The lowest BCUT2D eigenvalue weighted by Gasteiger charge is -2.50. The molecule has 3 aromatic heterocycles. The number of carbonyl (C=O) groups excluding carboxylic acids is 1. The third kappa shape index (κ3) is 7.41. The molecule has 5 rings (SSSR count). The van der Waals surface area contributed by atoms with Gasteiger partial charge in [0.05, 0.1) is 17.3 Å². The fourth-order valence-electron chi connectivity index (χ4n) is 8.27. The van der Waals surface area contributed by atoms with Crippen LogP contribution in [0.1, 0.15) is 178 Å². The highest BCUT2D eigenvalue weighted by molar-refractivity contribution is 6.18. The highest BCUT2D eigenvalue weighted by Crippen LogP contribution is 2.50. The Bertz CT molecular complexity index is 1820. The van der Waals surface area contributed by atoms with Crippen molar-refractivity contribution in [3.63, 3.8) is 0 Å². The first-order valence-corrected chi connectivity index (χ1v) is 19.6. The average Bonchev–Trinajstić information content (AvgIpc) is 3.77. The summed E-state index contributed by atoms with van der Waals surface area (Å²) in [4.78, 5) is 19.7. The average molecular weight is 716 g/mol. The van der Waals surface area contributed by atoms with Crippen LogP contribution in [-0.4, -0.2) is 46.6 Å². The molecule has 1 saturated carbocycles. The quantitative estimate of drug-likeness (QED) is 0.209. The normalized spacial score (nSPS) is 23.5. The minimum absolute atomic E-state index is 0.0812. The summed E-state index contributed by atoms with van der Waals surface area (Å²) < 4.78 is 10.4. The zero-order valence-corrected chi connectivity index (χ0v) is 34.7. The first kappa shape index (κ1) is 39.5. The van der Waals surface area contributed by atoms with E-state index in [1.54, 1.807) is 4.68 Å². The van der Waals surface area contributed by atoms with Crippen LogP contribution in [0.25, 0.3) is 11.2 Å². The van der Waals surface area contributed by atoms with Crippen molar-refractivity contribution >= 4 is 22.9 Å². The van der Waals surface area contributed by atoms with Gasteiger partial charge in [-0.05, 0) is 42.4 Å². The van der Waals surface area contributed by atoms with Crippen LogP contribution in [-0.2, 0) is 20.4 Å². The minimum atomic E-state index is -0.808. The molecular formula is C41H65N9O2. The Morgan fingerprint density at radius 1 is 0.981 bits per heavy atom. The maximum Gasteiger partial charge on any atom is 0.343 e. The molecule has 0 amide bonds. The largest absolute Gasteiger partial charge is 0.458 e. The highest BCUT2D eigenvalue weighted by atomic mass is 16.5. The topological polar surface area (TPSA) is 139 Å². The van der Waals surface area contributed by atoms with E-state index in [1.807, 2.05) is 25.3 Å². The molecule has 4 unspecified atom stereocenters. The van der Waals surface area contributed by atoms with E-state index in [2.05, 4.69) is 105 Å². The Morgan fingerprint density at radius 3 is 2.10 bits per heavy atom. The molecule has 52 heavy (non-hydrogen) atoms. The van der Waals surface area contributed by atoms with Crippen molar-refractivity contribution in [3.8, 4) is 6.07 Å². The second-order valence-corrected chi connectivity index (χ2v) is 19.9. The Labute approximate surface area is 311 Å². The number of rotatable bonds is 9. The van der Waals surface area contributed by atoms with Crippen molar-refractivity contribution in [3.05, 3.63) is 28.7 Å². The molecule has 4 heterocycles. The van der Waals surface area contributed by atoms with E-state index in [4.69, 9.17) is 19.9 Å². The Morgan fingerprint density at radius 2 is 1.60 bits per heavy atom. The van der Waals surface area contributed by atoms with Crippen molar-refractivity contribution in [2.24, 2.45) is 28.6 Å². The van der Waals surface area contributed by atoms with Crippen molar-refractivity contribution in [1.29, 1.82) is 5.26 Å². The van der Waals surface area contributed by atoms with Gasteiger partial charge in [0, 0.05) is 28.6 Å². The van der Waals surface area contributed by atoms with Crippen molar-refractivity contribution < 1.29 is 9.53 Å². The second-order valence-electron chi connectivity index (χ2n) is 19.9. The third-order valence-corrected chi connectivity index (χ3v) is 11.4. The van der Waals surface area contributed by atoms with Crippen LogP contribution in [0.15, 0.2) is 5.57 Å². The molecule has 0 bridgehead atoms. The number of unbranched alkanes of at least 4 members (excludes halogenated alkanes) is 1. The molecule has 4 atom stereocenters. The fraction of sp³-hybridized carbons (Fsp3) is 0.756. The minimum Gasteiger partial charge on any atom is -0.458 e. The van der Waals surface area contributed by atoms with Crippen LogP contribution in [0.5, 0.6) is 0 Å². The van der Waals surface area contributed by atoms with Gasteiger partial charge in [0.25, 0.3) is 0 Å². The van der Waals surface area contributed by atoms with Gasteiger partial charge in [-0.15, -0.1) is 10.2 Å². The summed E-state index contributed by atoms with van der Waals surface area (Å²) in [5, 5.41) is 32.5. The zero-order valence-electron chi connectivity index (χ0n) is 34.7. The molecule has 2 N–H and O–H groups in total. The van der Waals surface area contributed by atoms with Crippen molar-refractivity contribution in [2.75, 3.05) is 5.32 Å². The number of hydrogen-bond donors (Lipinski definition) is 2. The number of nitrogens with one attached hydrogen (secondary N) is 2. The van der Waals surface area contributed by atoms with Gasteiger partial charge in [0.2, 0.25) is 5.65 Å². The fourth-order valence-corrected chi connectivity index (χ4v) is 8.27. The number of H-pyrrole nitrogens is 1. The zero-order chi connectivity index (χ0) is 38.7. The molecule has 11 nitrogen and oxygen atoms in total. The highest BCUT2D eigenvalue weighted by Gasteiger charge is 2.50. The molecule has 0 radical (unpaired) electrons.